The maximum absolute atomic E-state index is 12.8. The first-order valence-corrected chi connectivity index (χ1v) is 12.6. The number of hydrogen-bond donors (Lipinski definition) is 2. The van der Waals surface area contributed by atoms with E-state index in [0.29, 0.717) is 11.7 Å². The molecule has 0 atom stereocenters. The molecule has 0 radical (unpaired) electrons. The Kier molecular flexibility index (Phi) is 8.98. The van der Waals surface area contributed by atoms with E-state index in [1.165, 1.54) is 23.8 Å². The predicted octanol–water partition coefficient (Wildman–Crippen LogP) is 5.25. The SMILES string of the molecule is CCCn1c(C)cc(/C=C(\C#N)C(=O)Nc2nc(-c3ccc(CCCNC(C)=O)cc3)cs2)c1C. The highest BCUT2D eigenvalue weighted by Crippen LogP contribution is 2.26. The van der Waals surface area contributed by atoms with Crippen LogP contribution in [0.4, 0.5) is 5.13 Å². The Bertz CT molecular complexity index is 1260. The van der Waals surface area contributed by atoms with Gasteiger partial charge in [0.1, 0.15) is 11.6 Å². The zero-order valence-electron chi connectivity index (χ0n) is 20.6. The number of nitrogens with one attached hydrogen (secondary N) is 2. The van der Waals surface area contributed by atoms with Crippen molar-refractivity contribution in [1.82, 2.24) is 14.9 Å². The van der Waals surface area contributed by atoms with Crippen LogP contribution in [0.15, 0.2) is 41.3 Å². The molecule has 0 aliphatic heterocycles. The van der Waals surface area contributed by atoms with Crippen molar-refractivity contribution in [3.05, 3.63) is 63.8 Å². The van der Waals surface area contributed by atoms with Gasteiger partial charge in [0.15, 0.2) is 5.13 Å². The lowest BCUT2D eigenvalue weighted by Crippen LogP contribution is -2.21. The summed E-state index contributed by atoms with van der Waals surface area (Å²) in [4.78, 5) is 28.2. The van der Waals surface area contributed by atoms with E-state index >= 15 is 0 Å². The van der Waals surface area contributed by atoms with E-state index in [9.17, 15) is 14.9 Å². The van der Waals surface area contributed by atoms with Crippen molar-refractivity contribution in [3.63, 3.8) is 0 Å². The fourth-order valence-corrected chi connectivity index (χ4v) is 4.59. The molecule has 0 fully saturated rings. The molecule has 0 spiro atoms. The first kappa shape index (κ1) is 25.9. The molecule has 7 nitrogen and oxygen atoms in total. The first-order valence-electron chi connectivity index (χ1n) is 11.7. The van der Waals surface area contributed by atoms with Gasteiger partial charge in [0.05, 0.1) is 5.69 Å². The molecule has 2 heterocycles. The Labute approximate surface area is 210 Å². The van der Waals surface area contributed by atoms with Crippen molar-refractivity contribution in [2.75, 3.05) is 11.9 Å². The number of benzene rings is 1. The number of nitriles is 1. The third kappa shape index (κ3) is 6.90. The van der Waals surface area contributed by atoms with Crippen LogP contribution in [0.2, 0.25) is 0 Å². The number of amides is 2. The summed E-state index contributed by atoms with van der Waals surface area (Å²) in [5, 5.41) is 17.5. The van der Waals surface area contributed by atoms with E-state index in [4.69, 9.17) is 0 Å². The molecule has 0 bridgehead atoms. The maximum atomic E-state index is 12.8. The number of hydrogen-bond acceptors (Lipinski definition) is 5. The number of carbonyl (C=O) groups excluding carboxylic acids is 2. The van der Waals surface area contributed by atoms with Crippen molar-refractivity contribution in [2.24, 2.45) is 0 Å². The van der Waals surface area contributed by atoms with E-state index < -0.39 is 5.91 Å². The molecule has 0 unspecified atom stereocenters. The minimum absolute atomic E-state index is 0.0135. The molecule has 2 N–H and O–H groups in total. The molecular weight excluding hydrogens is 458 g/mol. The molecule has 8 heteroatoms. The van der Waals surface area contributed by atoms with Gasteiger partial charge in [-0.3, -0.25) is 14.9 Å². The summed E-state index contributed by atoms with van der Waals surface area (Å²) in [7, 11) is 0. The average Bonchev–Trinajstić information content (AvgIpc) is 3.40. The zero-order valence-corrected chi connectivity index (χ0v) is 21.5. The minimum atomic E-state index is -0.469. The Balaban J connectivity index is 1.65. The van der Waals surface area contributed by atoms with E-state index in [-0.39, 0.29) is 11.5 Å². The number of rotatable bonds is 10. The van der Waals surface area contributed by atoms with Crippen LogP contribution in [0.3, 0.4) is 0 Å². The molecule has 0 aliphatic rings. The van der Waals surface area contributed by atoms with Crippen molar-refractivity contribution < 1.29 is 9.59 Å². The number of aromatic nitrogens is 2. The molecule has 182 valence electrons. The molecule has 3 aromatic rings. The highest BCUT2D eigenvalue weighted by Gasteiger charge is 2.15. The smallest absolute Gasteiger partial charge is 0.268 e. The average molecular weight is 490 g/mol. The van der Waals surface area contributed by atoms with E-state index in [0.717, 1.165) is 54.0 Å². The van der Waals surface area contributed by atoms with Gasteiger partial charge in [-0.2, -0.15) is 5.26 Å². The lowest BCUT2D eigenvalue weighted by atomic mass is 10.1. The summed E-state index contributed by atoms with van der Waals surface area (Å²) in [6.45, 7) is 9.23. The molecule has 0 aliphatic carbocycles. The highest BCUT2D eigenvalue weighted by molar-refractivity contribution is 7.14. The van der Waals surface area contributed by atoms with E-state index in [2.05, 4.69) is 27.1 Å². The second-order valence-corrected chi connectivity index (χ2v) is 9.28. The normalized spacial score (nSPS) is 11.2. The summed E-state index contributed by atoms with van der Waals surface area (Å²) in [6, 6.07) is 12.1. The molecule has 0 saturated heterocycles. The minimum Gasteiger partial charge on any atom is -0.356 e. The topological polar surface area (TPSA) is 99.8 Å². The van der Waals surface area contributed by atoms with Gasteiger partial charge in [-0.15, -0.1) is 11.3 Å². The first-order chi connectivity index (χ1) is 16.8. The highest BCUT2D eigenvalue weighted by atomic mass is 32.1. The van der Waals surface area contributed by atoms with Gasteiger partial charge in [-0.05, 0) is 56.4 Å². The molecule has 2 amide bonds. The second kappa shape index (κ2) is 12.1. The lowest BCUT2D eigenvalue weighted by molar-refractivity contribution is -0.119. The largest absolute Gasteiger partial charge is 0.356 e. The molecule has 35 heavy (non-hydrogen) atoms. The van der Waals surface area contributed by atoms with Gasteiger partial charge < -0.3 is 9.88 Å². The quantitative estimate of drug-likeness (QED) is 0.231. The van der Waals surface area contributed by atoms with Gasteiger partial charge >= 0.3 is 0 Å². The second-order valence-electron chi connectivity index (χ2n) is 8.42. The van der Waals surface area contributed by atoms with Crippen LogP contribution in [-0.2, 0) is 22.6 Å². The van der Waals surface area contributed by atoms with Crippen molar-refractivity contribution >= 4 is 34.4 Å². The molecule has 1 aromatic carbocycles. The van der Waals surface area contributed by atoms with Crippen molar-refractivity contribution in [2.45, 2.75) is 53.5 Å². The number of aryl methyl sites for hydroxylation is 2. The summed E-state index contributed by atoms with van der Waals surface area (Å²) in [5.41, 5.74) is 5.97. The van der Waals surface area contributed by atoms with Gasteiger partial charge in [0, 0.05) is 42.3 Å². The number of carbonyl (C=O) groups is 2. The molecular formula is C27H31N5O2S. The zero-order chi connectivity index (χ0) is 25.4. The van der Waals surface area contributed by atoms with Gasteiger partial charge in [-0.25, -0.2) is 4.98 Å². The summed E-state index contributed by atoms with van der Waals surface area (Å²) in [5.74, 6) is -0.483. The van der Waals surface area contributed by atoms with Crippen molar-refractivity contribution in [3.8, 4) is 17.3 Å². The Morgan fingerprint density at radius 2 is 1.97 bits per heavy atom. The maximum Gasteiger partial charge on any atom is 0.268 e. The summed E-state index contributed by atoms with van der Waals surface area (Å²) >= 11 is 1.32. The molecule has 0 saturated carbocycles. The van der Waals surface area contributed by atoms with Crippen LogP contribution in [0.1, 0.15) is 49.2 Å². The lowest BCUT2D eigenvalue weighted by Gasteiger charge is -2.07. The van der Waals surface area contributed by atoms with Crippen LogP contribution in [0.25, 0.3) is 17.3 Å². The van der Waals surface area contributed by atoms with E-state index in [1.54, 1.807) is 6.08 Å². The van der Waals surface area contributed by atoms with Gasteiger partial charge in [0.2, 0.25) is 5.91 Å². The fraction of sp³-hybridized carbons (Fsp3) is 0.333. The van der Waals surface area contributed by atoms with Crippen LogP contribution in [-0.4, -0.2) is 27.9 Å². The van der Waals surface area contributed by atoms with Gasteiger partial charge in [0.25, 0.3) is 5.91 Å². The van der Waals surface area contributed by atoms with Crippen molar-refractivity contribution in [1.29, 1.82) is 5.26 Å². The Morgan fingerprint density at radius 3 is 2.63 bits per heavy atom. The van der Waals surface area contributed by atoms with E-state index in [1.807, 2.05) is 55.6 Å². The molecule has 3 rings (SSSR count). The van der Waals surface area contributed by atoms with Crippen LogP contribution in [0, 0.1) is 25.2 Å². The number of nitrogens with zero attached hydrogens (tertiary/aromatic N) is 3. The third-order valence-corrected chi connectivity index (χ3v) is 6.47. The predicted molar refractivity (Wildman–Crippen MR) is 141 cm³/mol. The van der Waals surface area contributed by atoms with Gasteiger partial charge in [-0.1, -0.05) is 31.2 Å². The number of thiazole rings is 1. The summed E-state index contributed by atoms with van der Waals surface area (Å²) < 4.78 is 2.19. The fourth-order valence-electron chi connectivity index (χ4n) is 3.87. The Hall–Kier alpha value is -3.70. The van der Waals surface area contributed by atoms with Crippen LogP contribution >= 0.6 is 11.3 Å². The number of anilines is 1. The third-order valence-electron chi connectivity index (χ3n) is 5.72. The summed E-state index contributed by atoms with van der Waals surface area (Å²) in [6.07, 6.45) is 4.41. The van der Waals surface area contributed by atoms with Crippen LogP contribution < -0.4 is 10.6 Å². The Morgan fingerprint density at radius 1 is 1.23 bits per heavy atom. The monoisotopic (exact) mass is 489 g/mol. The molecule has 2 aromatic heterocycles. The van der Waals surface area contributed by atoms with Crippen LogP contribution in [0.5, 0.6) is 0 Å². The standard InChI is InChI=1S/C27H31N5O2S/c1-5-13-32-18(2)14-23(19(32)3)15-24(16-28)26(34)31-27-30-25(17-35-27)22-10-8-21(9-11-22)7-6-12-29-20(4)33/h8-11,14-15,17H,5-7,12-13H2,1-4H3,(H,29,33)(H,30,31,34)/b24-15+.